The molecule has 0 bridgehead atoms. The van der Waals surface area contributed by atoms with E-state index in [0.717, 1.165) is 63.0 Å². The molecule has 3 N–H and O–H groups in total. The summed E-state index contributed by atoms with van der Waals surface area (Å²) in [5.41, 5.74) is 7.53. The van der Waals surface area contributed by atoms with Gasteiger partial charge in [-0.2, -0.15) is 5.10 Å². The largest absolute Gasteiger partial charge is 0.352 e. The Bertz CT molecular complexity index is 1780. The molecular weight excluding hydrogens is 506 g/mol. The SMILES string of the molecule is O=C(CC1CCCCC1)Nc1cncc(-c2ccc3[nH]nc(-c4cc5c(-c6cccs6)cncc5[nH]4)c3n2)c1. The molecule has 9 heteroatoms. The first-order chi connectivity index (χ1) is 19.2. The highest BCUT2D eigenvalue weighted by Crippen LogP contribution is 2.35. The van der Waals surface area contributed by atoms with E-state index in [-0.39, 0.29) is 5.91 Å². The molecule has 0 aliphatic heterocycles. The summed E-state index contributed by atoms with van der Waals surface area (Å²) in [7, 11) is 0. The average Bonchev–Trinajstić information content (AvgIpc) is 3.73. The molecule has 0 radical (unpaired) electrons. The number of nitrogens with zero attached hydrogens (tertiary/aromatic N) is 4. The molecule has 6 aromatic rings. The average molecular weight is 534 g/mol. The Balaban J connectivity index is 1.19. The van der Waals surface area contributed by atoms with Crippen LogP contribution in [0.3, 0.4) is 0 Å². The number of H-pyrrole nitrogens is 2. The van der Waals surface area contributed by atoms with Crippen molar-refractivity contribution in [3.8, 4) is 33.1 Å². The van der Waals surface area contributed by atoms with Gasteiger partial charge >= 0.3 is 0 Å². The zero-order chi connectivity index (χ0) is 26.2. The summed E-state index contributed by atoms with van der Waals surface area (Å²) >= 11 is 1.69. The van der Waals surface area contributed by atoms with E-state index in [1.807, 2.05) is 36.7 Å². The van der Waals surface area contributed by atoms with Crippen molar-refractivity contribution in [2.75, 3.05) is 5.32 Å². The molecule has 6 heterocycles. The second-order valence-corrected chi connectivity index (χ2v) is 11.1. The van der Waals surface area contributed by atoms with Crippen LogP contribution in [0.2, 0.25) is 0 Å². The van der Waals surface area contributed by atoms with Crippen LogP contribution in [0.1, 0.15) is 38.5 Å². The summed E-state index contributed by atoms with van der Waals surface area (Å²) in [4.78, 5) is 31.1. The molecule has 1 aliphatic rings. The van der Waals surface area contributed by atoms with E-state index in [2.05, 4.69) is 48.0 Å². The number of fused-ring (bicyclic) bond motifs is 2. The standard InChI is InChI=1S/C30H27N7OS/c38-28(11-18-5-2-1-3-6-18)33-20-12-19(14-31-15-20)23-8-9-24-29(35-23)30(37-36-24)25-13-21-22(27-7-4-10-39-27)16-32-17-26(21)34-25/h4,7-10,12-18,34H,1-3,5-6,11H2,(H,33,38)(H,36,37). The van der Waals surface area contributed by atoms with Gasteiger partial charge in [-0.05, 0) is 54.5 Å². The van der Waals surface area contributed by atoms with E-state index >= 15 is 0 Å². The molecule has 39 heavy (non-hydrogen) atoms. The third kappa shape index (κ3) is 4.70. The van der Waals surface area contributed by atoms with Crippen molar-refractivity contribution in [3.05, 3.63) is 66.6 Å². The van der Waals surface area contributed by atoms with Crippen LogP contribution in [0, 0.1) is 5.92 Å². The topological polar surface area (TPSA) is 112 Å². The molecule has 8 nitrogen and oxygen atoms in total. The molecule has 0 spiro atoms. The number of hydrogen-bond donors (Lipinski definition) is 3. The fourth-order valence-corrected chi connectivity index (χ4v) is 6.32. The van der Waals surface area contributed by atoms with Crippen LogP contribution in [0.25, 0.3) is 55.0 Å². The van der Waals surface area contributed by atoms with Crippen LogP contribution in [0.5, 0.6) is 0 Å². The molecule has 1 amide bonds. The minimum absolute atomic E-state index is 0.0524. The van der Waals surface area contributed by atoms with Crippen LogP contribution in [-0.4, -0.2) is 36.0 Å². The molecule has 0 saturated heterocycles. The Labute approximate surface area is 228 Å². The molecule has 194 valence electrons. The normalized spacial score (nSPS) is 14.3. The van der Waals surface area contributed by atoms with E-state index in [0.29, 0.717) is 18.0 Å². The summed E-state index contributed by atoms with van der Waals surface area (Å²) in [5, 5.41) is 13.9. The lowest BCUT2D eigenvalue weighted by Gasteiger charge is -2.20. The van der Waals surface area contributed by atoms with Gasteiger partial charge in [0.1, 0.15) is 11.2 Å². The van der Waals surface area contributed by atoms with Gasteiger partial charge in [0.2, 0.25) is 5.91 Å². The number of carbonyl (C=O) groups is 1. The minimum Gasteiger partial charge on any atom is -0.352 e. The van der Waals surface area contributed by atoms with Gasteiger partial charge in [0, 0.05) is 40.2 Å². The number of rotatable bonds is 6. The monoisotopic (exact) mass is 533 g/mol. The molecule has 7 rings (SSSR count). The van der Waals surface area contributed by atoms with Crippen LogP contribution >= 0.6 is 11.3 Å². The lowest BCUT2D eigenvalue weighted by atomic mass is 9.87. The lowest BCUT2D eigenvalue weighted by Crippen LogP contribution is -2.18. The van der Waals surface area contributed by atoms with E-state index in [1.54, 1.807) is 23.7 Å². The third-order valence-electron chi connectivity index (χ3n) is 7.51. The Morgan fingerprint density at radius 3 is 2.77 bits per heavy atom. The zero-order valence-corrected chi connectivity index (χ0v) is 22.1. The number of aromatic amines is 2. The maximum absolute atomic E-state index is 12.7. The molecule has 0 atom stereocenters. The van der Waals surface area contributed by atoms with Crippen molar-refractivity contribution >= 4 is 44.9 Å². The summed E-state index contributed by atoms with van der Waals surface area (Å²) in [5.74, 6) is 0.539. The molecule has 0 aromatic carbocycles. The Kier molecular flexibility index (Phi) is 6.13. The number of nitrogens with one attached hydrogen (secondary N) is 3. The Morgan fingerprint density at radius 2 is 1.90 bits per heavy atom. The Hall–Kier alpha value is -4.37. The van der Waals surface area contributed by atoms with Gasteiger partial charge in [-0.15, -0.1) is 11.3 Å². The van der Waals surface area contributed by atoms with Crippen molar-refractivity contribution in [3.63, 3.8) is 0 Å². The summed E-state index contributed by atoms with van der Waals surface area (Å²) in [6.45, 7) is 0. The first-order valence-corrected chi connectivity index (χ1v) is 14.2. The number of anilines is 1. The highest BCUT2D eigenvalue weighted by atomic mass is 32.1. The third-order valence-corrected chi connectivity index (χ3v) is 8.41. The number of hydrogen-bond acceptors (Lipinski definition) is 6. The Morgan fingerprint density at radius 1 is 1.00 bits per heavy atom. The van der Waals surface area contributed by atoms with Gasteiger partial charge in [0.15, 0.2) is 0 Å². The van der Waals surface area contributed by atoms with Gasteiger partial charge in [-0.1, -0.05) is 25.3 Å². The maximum atomic E-state index is 12.7. The zero-order valence-electron chi connectivity index (χ0n) is 21.3. The highest BCUT2D eigenvalue weighted by Gasteiger charge is 2.18. The molecule has 6 aromatic heterocycles. The second kappa shape index (κ2) is 10.1. The predicted molar refractivity (Wildman–Crippen MR) is 155 cm³/mol. The van der Waals surface area contributed by atoms with Gasteiger partial charge in [0.05, 0.1) is 40.5 Å². The number of thiophene rings is 1. The van der Waals surface area contributed by atoms with Crippen molar-refractivity contribution in [1.82, 2.24) is 30.1 Å². The van der Waals surface area contributed by atoms with Gasteiger partial charge in [0.25, 0.3) is 0 Å². The second-order valence-electron chi connectivity index (χ2n) is 10.2. The fourth-order valence-electron chi connectivity index (χ4n) is 5.57. The van der Waals surface area contributed by atoms with Crippen LogP contribution in [0.4, 0.5) is 5.69 Å². The molecule has 1 fully saturated rings. The van der Waals surface area contributed by atoms with Crippen LogP contribution < -0.4 is 5.32 Å². The van der Waals surface area contributed by atoms with Gasteiger partial charge in [-0.3, -0.25) is 19.9 Å². The number of amides is 1. The van der Waals surface area contributed by atoms with Crippen molar-refractivity contribution < 1.29 is 4.79 Å². The first-order valence-electron chi connectivity index (χ1n) is 13.3. The van der Waals surface area contributed by atoms with E-state index in [9.17, 15) is 4.79 Å². The van der Waals surface area contributed by atoms with Crippen LogP contribution in [0.15, 0.2) is 66.6 Å². The van der Waals surface area contributed by atoms with E-state index in [1.165, 1.54) is 24.1 Å². The van der Waals surface area contributed by atoms with E-state index < -0.39 is 0 Å². The predicted octanol–water partition coefficient (Wildman–Crippen LogP) is 7.20. The van der Waals surface area contributed by atoms with Crippen LogP contribution in [-0.2, 0) is 4.79 Å². The van der Waals surface area contributed by atoms with Gasteiger partial charge in [-0.25, -0.2) is 4.98 Å². The molecule has 1 aliphatic carbocycles. The van der Waals surface area contributed by atoms with Crippen molar-refractivity contribution in [2.45, 2.75) is 38.5 Å². The summed E-state index contributed by atoms with van der Waals surface area (Å²) in [6, 6.07) is 12.1. The molecule has 1 saturated carbocycles. The van der Waals surface area contributed by atoms with Gasteiger partial charge < -0.3 is 10.3 Å². The lowest BCUT2D eigenvalue weighted by molar-refractivity contribution is -0.117. The molecular formula is C30H27N7OS. The van der Waals surface area contributed by atoms with E-state index in [4.69, 9.17) is 4.98 Å². The quantitative estimate of drug-likeness (QED) is 0.210. The number of aromatic nitrogens is 6. The summed E-state index contributed by atoms with van der Waals surface area (Å²) < 4.78 is 0. The summed E-state index contributed by atoms with van der Waals surface area (Å²) in [6.07, 6.45) is 13.8. The van der Waals surface area contributed by atoms with Crippen molar-refractivity contribution in [2.24, 2.45) is 5.92 Å². The molecule has 0 unspecified atom stereocenters. The smallest absolute Gasteiger partial charge is 0.224 e. The number of carbonyl (C=O) groups excluding carboxylic acids is 1. The van der Waals surface area contributed by atoms with Crippen molar-refractivity contribution in [1.29, 1.82) is 0 Å². The fraction of sp³-hybridized carbons (Fsp3) is 0.233. The maximum Gasteiger partial charge on any atom is 0.224 e. The number of pyridine rings is 3. The first kappa shape index (κ1) is 23.7. The minimum atomic E-state index is 0.0524. The highest BCUT2D eigenvalue weighted by molar-refractivity contribution is 7.13.